The van der Waals surface area contributed by atoms with E-state index in [0.717, 1.165) is 29.8 Å². The van der Waals surface area contributed by atoms with Crippen molar-refractivity contribution in [2.75, 3.05) is 4.90 Å². The smallest absolute Gasteiger partial charge is 0.251 e. The normalized spacial score (nSPS) is 13.4. The van der Waals surface area contributed by atoms with Gasteiger partial charge < -0.3 is 4.90 Å². The highest BCUT2D eigenvalue weighted by Gasteiger charge is 2.32. The van der Waals surface area contributed by atoms with Crippen LogP contribution >= 0.6 is 0 Å². The van der Waals surface area contributed by atoms with Gasteiger partial charge in [0, 0.05) is 29.6 Å². The summed E-state index contributed by atoms with van der Waals surface area (Å²) >= 11 is 0. The molecule has 2 aromatic carbocycles. The van der Waals surface area contributed by atoms with E-state index < -0.39 is 0 Å². The van der Waals surface area contributed by atoms with Gasteiger partial charge in [0.15, 0.2) is 0 Å². The van der Waals surface area contributed by atoms with Crippen molar-refractivity contribution in [1.82, 2.24) is 9.78 Å². The van der Waals surface area contributed by atoms with Crippen molar-refractivity contribution >= 4 is 17.7 Å². The Morgan fingerprint density at radius 2 is 1.89 bits per heavy atom. The SMILES string of the molecule is N#Cc1ccc(N(C(=O)C=Cc2cnn(-c3ccccc3)c2)C2CC2)cc1. The first-order valence-corrected chi connectivity index (χ1v) is 8.86. The van der Waals surface area contributed by atoms with Crippen LogP contribution in [0.25, 0.3) is 11.8 Å². The van der Waals surface area contributed by atoms with E-state index in [1.807, 2.05) is 48.7 Å². The van der Waals surface area contributed by atoms with Crippen LogP contribution in [0.15, 0.2) is 73.1 Å². The minimum absolute atomic E-state index is 0.0605. The average Bonchev–Trinajstić information content (AvgIpc) is 3.43. The van der Waals surface area contributed by atoms with Crippen molar-refractivity contribution in [3.63, 3.8) is 0 Å². The van der Waals surface area contributed by atoms with Crippen molar-refractivity contribution in [2.45, 2.75) is 18.9 Å². The Bertz CT molecular complexity index is 1010. The molecule has 0 bridgehead atoms. The Kier molecular flexibility index (Phi) is 4.54. The van der Waals surface area contributed by atoms with Crippen molar-refractivity contribution in [3.05, 3.63) is 84.2 Å². The largest absolute Gasteiger partial charge is 0.306 e. The Labute approximate surface area is 157 Å². The molecule has 0 radical (unpaired) electrons. The second-order valence-corrected chi connectivity index (χ2v) is 6.49. The fraction of sp³-hybridized carbons (Fsp3) is 0.136. The van der Waals surface area contributed by atoms with Crippen molar-refractivity contribution in [3.8, 4) is 11.8 Å². The predicted molar refractivity (Wildman–Crippen MR) is 104 cm³/mol. The summed E-state index contributed by atoms with van der Waals surface area (Å²) in [6, 6.07) is 19.3. The van der Waals surface area contributed by atoms with Gasteiger partial charge in [-0.1, -0.05) is 18.2 Å². The molecule has 0 unspecified atom stereocenters. The lowest BCUT2D eigenvalue weighted by atomic mass is 10.2. The van der Waals surface area contributed by atoms with Crippen LogP contribution < -0.4 is 4.90 Å². The molecule has 1 aliphatic rings. The number of nitrogens with zero attached hydrogens (tertiary/aromatic N) is 4. The molecule has 0 saturated heterocycles. The van der Waals surface area contributed by atoms with Gasteiger partial charge in [-0.3, -0.25) is 4.79 Å². The minimum atomic E-state index is -0.0605. The van der Waals surface area contributed by atoms with Crippen molar-refractivity contribution in [1.29, 1.82) is 5.26 Å². The third-order valence-electron chi connectivity index (χ3n) is 4.47. The summed E-state index contributed by atoms with van der Waals surface area (Å²) in [7, 11) is 0. The van der Waals surface area contributed by atoms with Gasteiger partial charge in [0.2, 0.25) is 0 Å². The molecule has 27 heavy (non-hydrogen) atoms. The van der Waals surface area contributed by atoms with Crippen LogP contribution in [0, 0.1) is 11.3 Å². The quantitative estimate of drug-likeness (QED) is 0.652. The van der Waals surface area contributed by atoms with Crippen LogP contribution in [0.3, 0.4) is 0 Å². The second kappa shape index (κ2) is 7.30. The molecule has 3 aromatic rings. The lowest BCUT2D eigenvalue weighted by Crippen LogP contribution is -2.31. The maximum Gasteiger partial charge on any atom is 0.251 e. The number of rotatable bonds is 5. The van der Waals surface area contributed by atoms with Crippen LogP contribution in [0.1, 0.15) is 24.0 Å². The molecule has 1 aliphatic carbocycles. The van der Waals surface area contributed by atoms with E-state index in [1.54, 1.807) is 40.1 Å². The van der Waals surface area contributed by atoms with E-state index in [4.69, 9.17) is 5.26 Å². The van der Waals surface area contributed by atoms with E-state index >= 15 is 0 Å². The second-order valence-electron chi connectivity index (χ2n) is 6.49. The summed E-state index contributed by atoms with van der Waals surface area (Å²) in [6.07, 6.45) is 9.01. The summed E-state index contributed by atoms with van der Waals surface area (Å²) in [5, 5.41) is 13.3. The maximum absolute atomic E-state index is 12.8. The predicted octanol–water partition coefficient (Wildman–Crippen LogP) is 3.95. The van der Waals surface area contributed by atoms with Crippen LogP contribution in [0.5, 0.6) is 0 Å². The number of nitriles is 1. The highest BCUT2D eigenvalue weighted by molar-refractivity contribution is 6.04. The monoisotopic (exact) mass is 354 g/mol. The Balaban J connectivity index is 1.51. The highest BCUT2D eigenvalue weighted by Crippen LogP contribution is 2.32. The fourth-order valence-electron chi connectivity index (χ4n) is 2.94. The van der Waals surface area contributed by atoms with Crippen molar-refractivity contribution < 1.29 is 4.79 Å². The molecular formula is C22H18N4O. The zero-order valence-corrected chi connectivity index (χ0v) is 14.7. The topological polar surface area (TPSA) is 61.9 Å². The molecule has 5 nitrogen and oxygen atoms in total. The number of carbonyl (C=O) groups is 1. The molecule has 132 valence electrons. The summed E-state index contributed by atoms with van der Waals surface area (Å²) in [5.74, 6) is -0.0605. The first-order chi connectivity index (χ1) is 13.2. The average molecular weight is 354 g/mol. The highest BCUT2D eigenvalue weighted by atomic mass is 16.2. The van der Waals surface area contributed by atoms with Crippen LogP contribution in [0.2, 0.25) is 0 Å². The molecule has 1 aromatic heterocycles. The minimum Gasteiger partial charge on any atom is -0.306 e. The number of carbonyl (C=O) groups excluding carboxylic acids is 1. The van der Waals surface area contributed by atoms with E-state index in [-0.39, 0.29) is 11.9 Å². The van der Waals surface area contributed by atoms with Crippen LogP contribution in [-0.2, 0) is 4.79 Å². The molecule has 1 heterocycles. The molecule has 0 N–H and O–H groups in total. The summed E-state index contributed by atoms with van der Waals surface area (Å²) < 4.78 is 1.78. The number of anilines is 1. The molecule has 4 rings (SSSR count). The number of aromatic nitrogens is 2. The van der Waals surface area contributed by atoms with E-state index in [0.29, 0.717) is 5.56 Å². The number of amides is 1. The number of hydrogen-bond acceptors (Lipinski definition) is 3. The Morgan fingerprint density at radius 1 is 1.15 bits per heavy atom. The summed E-state index contributed by atoms with van der Waals surface area (Å²) in [6.45, 7) is 0. The van der Waals surface area contributed by atoms with Gasteiger partial charge in [0.25, 0.3) is 5.91 Å². The molecule has 1 amide bonds. The van der Waals surface area contributed by atoms with Gasteiger partial charge in [-0.2, -0.15) is 10.4 Å². The number of benzene rings is 2. The van der Waals surface area contributed by atoms with Gasteiger partial charge in [-0.25, -0.2) is 4.68 Å². The first kappa shape index (κ1) is 16.8. The van der Waals surface area contributed by atoms with Crippen LogP contribution in [0.4, 0.5) is 5.69 Å². The molecule has 0 atom stereocenters. The molecule has 1 saturated carbocycles. The summed E-state index contributed by atoms with van der Waals surface area (Å²) in [5.41, 5.74) is 3.25. The lowest BCUT2D eigenvalue weighted by Gasteiger charge is -2.21. The molecule has 1 fully saturated rings. The molecular weight excluding hydrogens is 336 g/mol. The van der Waals surface area contributed by atoms with Gasteiger partial charge in [-0.05, 0) is 55.3 Å². The van der Waals surface area contributed by atoms with E-state index in [2.05, 4.69) is 11.2 Å². The third kappa shape index (κ3) is 3.80. The fourth-order valence-corrected chi connectivity index (χ4v) is 2.94. The Morgan fingerprint density at radius 3 is 2.56 bits per heavy atom. The first-order valence-electron chi connectivity index (χ1n) is 8.86. The summed E-state index contributed by atoms with van der Waals surface area (Å²) in [4.78, 5) is 14.6. The molecule has 5 heteroatoms. The van der Waals surface area contributed by atoms with Crippen LogP contribution in [-0.4, -0.2) is 21.7 Å². The van der Waals surface area contributed by atoms with E-state index in [9.17, 15) is 4.79 Å². The molecule has 0 spiro atoms. The van der Waals surface area contributed by atoms with Gasteiger partial charge >= 0.3 is 0 Å². The zero-order chi connectivity index (χ0) is 18.6. The van der Waals surface area contributed by atoms with Crippen molar-refractivity contribution in [2.24, 2.45) is 0 Å². The van der Waals surface area contributed by atoms with Gasteiger partial charge in [0.05, 0.1) is 23.5 Å². The standard InChI is InChI=1S/C22H18N4O/c23-14-17-6-9-20(10-7-17)26(21-11-12-21)22(27)13-8-18-15-24-25(16-18)19-4-2-1-3-5-19/h1-10,13,15-16,21H,11-12H2. The van der Waals surface area contributed by atoms with Gasteiger partial charge in [-0.15, -0.1) is 0 Å². The lowest BCUT2D eigenvalue weighted by molar-refractivity contribution is -0.114. The van der Waals surface area contributed by atoms with Gasteiger partial charge in [0.1, 0.15) is 0 Å². The maximum atomic E-state index is 12.8. The third-order valence-corrected chi connectivity index (χ3v) is 4.47. The molecule has 0 aliphatic heterocycles. The number of para-hydroxylation sites is 1. The Hall–Kier alpha value is -3.65. The van der Waals surface area contributed by atoms with E-state index in [1.165, 1.54) is 0 Å². The number of hydrogen-bond donors (Lipinski definition) is 0. The zero-order valence-electron chi connectivity index (χ0n) is 14.7.